The lowest BCUT2D eigenvalue weighted by atomic mass is 9.82. The van der Waals surface area contributed by atoms with E-state index in [-0.39, 0.29) is 36.6 Å². The van der Waals surface area contributed by atoms with E-state index in [1.54, 1.807) is 12.2 Å². The number of carbonyl (C=O) groups is 3. The Balaban J connectivity index is 2.35. The minimum Gasteiger partial charge on any atom is -0.481 e. The molecule has 216 valence electrons. The number of allylic oxidation sites excluding steroid dienone is 2. The van der Waals surface area contributed by atoms with Gasteiger partial charge in [-0.2, -0.15) is 0 Å². The first-order valence-corrected chi connectivity index (χ1v) is 14.3. The summed E-state index contributed by atoms with van der Waals surface area (Å²) in [6, 6.07) is 0. The van der Waals surface area contributed by atoms with E-state index >= 15 is 0 Å². The maximum Gasteiger partial charge on any atom is 0.308 e. The van der Waals surface area contributed by atoms with Gasteiger partial charge in [0.2, 0.25) is 5.91 Å². The average molecular weight is 536 g/mol. The number of carboxylic acids is 1. The van der Waals surface area contributed by atoms with Crippen LogP contribution in [0.25, 0.3) is 0 Å². The van der Waals surface area contributed by atoms with Crippen LogP contribution in [0.4, 0.5) is 0 Å². The van der Waals surface area contributed by atoms with Crippen molar-refractivity contribution in [2.75, 3.05) is 6.54 Å². The molecule has 0 spiro atoms. The highest BCUT2D eigenvalue weighted by Crippen LogP contribution is 2.37. The summed E-state index contributed by atoms with van der Waals surface area (Å²) in [5, 5.41) is 34.4. The second-order valence-corrected chi connectivity index (χ2v) is 12.0. The summed E-state index contributed by atoms with van der Waals surface area (Å²) in [6.07, 6.45) is 7.94. The molecule has 8 nitrogen and oxygen atoms in total. The molecule has 1 amide bonds. The highest BCUT2D eigenvalue weighted by molar-refractivity contribution is 5.73. The quantitative estimate of drug-likeness (QED) is 0.396. The Morgan fingerprint density at radius 3 is 2.32 bits per heavy atom. The second kappa shape index (κ2) is 15.4. The highest BCUT2D eigenvalue weighted by atomic mass is 16.5. The zero-order valence-electron chi connectivity index (χ0n) is 23.8. The fraction of sp³-hybridized carbons (Fsp3) is 0.767. The van der Waals surface area contributed by atoms with E-state index < -0.39 is 36.2 Å². The van der Waals surface area contributed by atoms with E-state index in [9.17, 15) is 29.7 Å². The van der Waals surface area contributed by atoms with E-state index in [0.717, 1.165) is 25.7 Å². The number of carbonyl (C=O) groups excluding carboxylic acids is 2. The minimum atomic E-state index is -0.876. The maximum absolute atomic E-state index is 12.9. The maximum atomic E-state index is 12.9. The largest absolute Gasteiger partial charge is 0.481 e. The Morgan fingerprint density at radius 1 is 1.03 bits per heavy atom. The van der Waals surface area contributed by atoms with Crippen LogP contribution >= 0.6 is 0 Å². The van der Waals surface area contributed by atoms with Gasteiger partial charge in [0.05, 0.1) is 24.5 Å². The van der Waals surface area contributed by atoms with E-state index in [0.29, 0.717) is 36.7 Å². The average Bonchev–Trinajstić information content (AvgIpc) is 3.31. The molecule has 4 N–H and O–H groups in total. The molecule has 1 fully saturated rings. The van der Waals surface area contributed by atoms with Crippen LogP contribution in [0.1, 0.15) is 86.0 Å². The number of cyclic esters (lactones) is 1. The first-order valence-electron chi connectivity index (χ1n) is 14.3. The smallest absolute Gasteiger partial charge is 0.308 e. The van der Waals surface area contributed by atoms with Crippen molar-refractivity contribution in [1.29, 1.82) is 0 Å². The van der Waals surface area contributed by atoms with Crippen molar-refractivity contribution in [1.82, 2.24) is 5.32 Å². The van der Waals surface area contributed by atoms with Gasteiger partial charge in [0.15, 0.2) is 0 Å². The van der Waals surface area contributed by atoms with Gasteiger partial charge in [0.1, 0.15) is 6.10 Å². The molecule has 0 radical (unpaired) electrons. The van der Waals surface area contributed by atoms with Crippen molar-refractivity contribution in [3.63, 3.8) is 0 Å². The summed E-state index contributed by atoms with van der Waals surface area (Å²) in [5.74, 6) is -1.85. The third-order valence-electron chi connectivity index (χ3n) is 8.31. The third-order valence-corrected chi connectivity index (χ3v) is 8.31. The summed E-state index contributed by atoms with van der Waals surface area (Å²) >= 11 is 0. The van der Waals surface area contributed by atoms with Crippen molar-refractivity contribution in [3.05, 3.63) is 23.8 Å². The third kappa shape index (κ3) is 10.2. The van der Waals surface area contributed by atoms with Gasteiger partial charge in [0, 0.05) is 25.8 Å². The molecule has 0 unspecified atom stereocenters. The lowest BCUT2D eigenvalue weighted by Gasteiger charge is -2.29. The molecule has 8 heteroatoms. The normalized spacial score (nSPS) is 36.4. The number of aliphatic hydroxyl groups is 2. The SMILES string of the molecule is CC(=O)NCC1=CC=CC[C@@H]([C@@H]2CCC[C@H]2C(=O)O)OC(=O)C[C@H](O)[C@@H](C)C[C@@H](C)C[C@@H](C)C[C@H](C)[C@H]1O. The summed E-state index contributed by atoms with van der Waals surface area (Å²) in [5.41, 5.74) is 0.694. The molecular formula is C30H49NO7. The number of hydrogen-bond acceptors (Lipinski definition) is 6. The summed E-state index contributed by atoms with van der Waals surface area (Å²) < 4.78 is 5.83. The van der Waals surface area contributed by atoms with Crippen molar-refractivity contribution < 1.29 is 34.4 Å². The van der Waals surface area contributed by atoms with Crippen LogP contribution in [0, 0.1) is 35.5 Å². The Labute approximate surface area is 227 Å². The van der Waals surface area contributed by atoms with Crippen LogP contribution < -0.4 is 5.32 Å². The summed E-state index contributed by atoms with van der Waals surface area (Å²) in [6.45, 7) is 9.94. The van der Waals surface area contributed by atoms with Gasteiger partial charge >= 0.3 is 11.9 Å². The number of nitrogens with one attached hydrogen (secondary N) is 1. The van der Waals surface area contributed by atoms with E-state index in [4.69, 9.17) is 4.74 Å². The predicted octanol–water partition coefficient (Wildman–Crippen LogP) is 4.25. The van der Waals surface area contributed by atoms with Crippen LogP contribution in [0.15, 0.2) is 23.8 Å². The number of esters is 1. The van der Waals surface area contributed by atoms with Gasteiger partial charge in [-0.15, -0.1) is 0 Å². The van der Waals surface area contributed by atoms with Gasteiger partial charge in [-0.3, -0.25) is 14.4 Å². The lowest BCUT2D eigenvalue weighted by Crippen LogP contribution is -2.34. The van der Waals surface area contributed by atoms with Gasteiger partial charge in [-0.05, 0) is 61.3 Å². The van der Waals surface area contributed by atoms with Gasteiger partial charge in [-0.25, -0.2) is 0 Å². The summed E-state index contributed by atoms with van der Waals surface area (Å²) in [4.78, 5) is 36.3. The number of rotatable bonds is 4. The fourth-order valence-electron chi connectivity index (χ4n) is 6.33. The Bertz CT molecular complexity index is 854. The predicted molar refractivity (Wildman–Crippen MR) is 146 cm³/mol. The van der Waals surface area contributed by atoms with E-state index in [1.165, 1.54) is 6.92 Å². The molecule has 0 aromatic rings. The Hall–Kier alpha value is -2.19. The molecule has 9 atom stereocenters. The van der Waals surface area contributed by atoms with Gasteiger partial charge in [0.25, 0.3) is 0 Å². The second-order valence-electron chi connectivity index (χ2n) is 12.0. The number of ether oxygens (including phenoxy) is 1. The fourth-order valence-corrected chi connectivity index (χ4v) is 6.33. The molecule has 2 aliphatic rings. The van der Waals surface area contributed by atoms with Crippen molar-refractivity contribution >= 4 is 17.8 Å². The molecule has 1 aliphatic heterocycles. The molecule has 2 rings (SSSR count). The van der Waals surface area contributed by atoms with Crippen LogP contribution in [0.5, 0.6) is 0 Å². The molecule has 0 saturated heterocycles. The van der Waals surface area contributed by atoms with Crippen molar-refractivity contribution in [2.24, 2.45) is 35.5 Å². The van der Waals surface area contributed by atoms with Gasteiger partial charge < -0.3 is 25.4 Å². The number of carboxylic acid groups (broad SMARTS) is 1. The first kappa shape index (κ1) is 32.0. The lowest BCUT2D eigenvalue weighted by molar-refractivity contribution is -0.159. The number of aliphatic carboxylic acids is 1. The molecule has 1 saturated carbocycles. The topological polar surface area (TPSA) is 133 Å². The minimum absolute atomic E-state index is 0.0176. The molecular weight excluding hydrogens is 486 g/mol. The monoisotopic (exact) mass is 535 g/mol. The Kier molecular flexibility index (Phi) is 13.0. The van der Waals surface area contributed by atoms with Crippen molar-refractivity contribution in [2.45, 2.75) is 104 Å². The Morgan fingerprint density at radius 2 is 1.68 bits per heavy atom. The summed E-state index contributed by atoms with van der Waals surface area (Å²) in [7, 11) is 0. The van der Waals surface area contributed by atoms with Crippen LogP contribution in [0.3, 0.4) is 0 Å². The van der Waals surface area contributed by atoms with E-state index in [1.807, 2.05) is 19.9 Å². The number of hydrogen-bond donors (Lipinski definition) is 4. The van der Waals surface area contributed by atoms with Crippen LogP contribution in [-0.2, 0) is 19.1 Å². The molecule has 1 heterocycles. The molecule has 1 aliphatic carbocycles. The van der Waals surface area contributed by atoms with Crippen LogP contribution in [0.2, 0.25) is 0 Å². The first-order chi connectivity index (χ1) is 17.9. The van der Waals surface area contributed by atoms with Crippen LogP contribution in [-0.4, -0.2) is 58.0 Å². The van der Waals surface area contributed by atoms with Crippen molar-refractivity contribution in [3.8, 4) is 0 Å². The molecule has 0 aromatic heterocycles. The molecule has 38 heavy (non-hydrogen) atoms. The highest BCUT2D eigenvalue weighted by Gasteiger charge is 2.39. The zero-order valence-corrected chi connectivity index (χ0v) is 23.8. The van der Waals surface area contributed by atoms with E-state index in [2.05, 4.69) is 19.2 Å². The van der Waals surface area contributed by atoms with Gasteiger partial charge in [-0.1, -0.05) is 52.3 Å². The zero-order chi connectivity index (χ0) is 28.4. The molecule has 0 aromatic carbocycles. The number of amides is 1. The molecule has 0 bridgehead atoms. The number of aliphatic hydroxyl groups excluding tert-OH is 2. The standard InChI is InChI=1S/C30H49NO7/c1-18-13-19(2)15-21(4)29(35)23(17-31-22(5)32)9-6-7-12-27(24-10-8-11-25(24)30(36)37)38-28(34)16-26(33)20(3)14-18/h6-7,9,18-21,24-27,29,33,35H,8,10-17H2,1-5H3,(H,31,32)(H,36,37)/t18-,19+,20-,21-,24+,25+,26-,27-,29+/m0/s1.